The standard InChI is InChI=1S/C8H7Cl2FO/c1-4(12)5-2-8(11)7(10)3-6(5)9/h2-4,12H,1H3/t4-/m1/s1. The molecule has 1 aromatic rings. The summed E-state index contributed by atoms with van der Waals surface area (Å²) in [6.07, 6.45) is -0.788. The van der Waals surface area contributed by atoms with Crippen molar-refractivity contribution in [3.05, 3.63) is 33.6 Å². The molecule has 1 rings (SSSR count). The molecule has 0 bridgehead atoms. The summed E-state index contributed by atoms with van der Waals surface area (Å²) in [4.78, 5) is 0. The van der Waals surface area contributed by atoms with Crippen molar-refractivity contribution < 1.29 is 9.50 Å². The molecule has 0 radical (unpaired) electrons. The molecule has 4 heteroatoms. The topological polar surface area (TPSA) is 20.2 Å². The van der Waals surface area contributed by atoms with E-state index in [2.05, 4.69) is 0 Å². The van der Waals surface area contributed by atoms with Gasteiger partial charge in [-0.1, -0.05) is 23.2 Å². The van der Waals surface area contributed by atoms with Crippen molar-refractivity contribution >= 4 is 23.2 Å². The number of benzene rings is 1. The summed E-state index contributed by atoms with van der Waals surface area (Å²) < 4.78 is 12.8. The Balaban J connectivity index is 3.23. The lowest BCUT2D eigenvalue weighted by molar-refractivity contribution is 0.199. The molecule has 12 heavy (non-hydrogen) atoms. The van der Waals surface area contributed by atoms with Gasteiger partial charge in [-0.3, -0.25) is 0 Å². The van der Waals surface area contributed by atoms with E-state index < -0.39 is 11.9 Å². The molecule has 0 aromatic heterocycles. The molecule has 0 unspecified atom stereocenters. The SMILES string of the molecule is C[C@@H](O)c1cc(F)c(Cl)cc1Cl. The lowest BCUT2D eigenvalue weighted by Crippen LogP contribution is -1.93. The van der Waals surface area contributed by atoms with Crippen LogP contribution in [0, 0.1) is 5.82 Å². The van der Waals surface area contributed by atoms with E-state index in [4.69, 9.17) is 28.3 Å². The van der Waals surface area contributed by atoms with Crippen molar-refractivity contribution in [2.24, 2.45) is 0 Å². The first-order chi connectivity index (χ1) is 5.52. The highest BCUT2D eigenvalue weighted by Gasteiger charge is 2.10. The van der Waals surface area contributed by atoms with Crippen LogP contribution in [-0.4, -0.2) is 5.11 Å². The van der Waals surface area contributed by atoms with Crippen LogP contribution in [0.25, 0.3) is 0 Å². The average Bonchev–Trinajstić information content (AvgIpc) is 1.96. The van der Waals surface area contributed by atoms with Crippen LogP contribution in [-0.2, 0) is 0 Å². The summed E-state index contributed by atoms with van der Waals surface area (Å²) in [6, 6.07) is 2.41. The zero-order valence-electron chi connectivity index (χ0n) is 6.31. The van der Waals surface area contributed by atoms with Gasteiger partial charge < -0.3 is 5.11 Å². The second kappa shape index (κ2) is 3.60. The van der Waals surface area contributed by atoms with Crippen LogP contribution >= 0.6 is 23.2 Å². The highest BCUT2D eigenvalue weighted by atomic mass is 35.5. The van der Waals surface area contributed by atoms with Gasteiger partial charge in [0.25, 0.3) is 0 Å². The Kier molecular flexibility index (Phi) is 2.94. The molecular formula is C8H7Cl2FO. The van der Waals surface area contributed by atoms with E-state index in [9.17, 15) is 4.39 Å². The summed E-state index contributed by atoms with van der Waals surface area (Å²) >= 11 is 11.1. The van der Waals surface area contributed by atoms with Crippen LogP contribution in [0.4, 0.5) is 4.39 Å². The first-order valence-corrected chi connectivity index (χ1v) is 4.10. The summed E-state index contributed by atoms with van der Waals surface area (Å²) in [5, 5.41) is 9.36. The molecule has 0 aliphatic carbocycles. The van der Waals surface area contributed by atoms with Crippen LogP contribution < -0.4 is 0 Å². The Bertz CT molecular complexity index is 299. The molecule has 0 fully saturated rings. The van der Waals surface area contributed by atoms with Gasteiger partial charge in [-0.15, -0.1) is 0 Å². The highest BCUT2D eigenvalue weighted by Crippen LogP contribution is 2.28. The fraction of sp³-hybridized carbons (Fsp3) is 0.250. The molecule has 0 saturated heterocycles. The summed E-state index contributed by atoms with van der Waals surface area (Å²) in [5.41, 5.74) is 0.346. The Hall–Kier alpha value is -0.310. The van der Waals surface area contributed by atoms with Crippen molar-refractivity contribution in [3.63, 3.8) is 0 Å². The zero-order valence-corrected chi connectivity index (χ0v) is 7.83. The molecule has 1 aromatic carbocycles. The minimum Gasteiger partial charge on any atom is -0.389 e. The molecule has 66 valence electrons. The van der Waals surface area contributed by atoms with E-state index in [-0.39, 0.29) is 10.0 Å². The van der Waals surface area contributed by atoms with Crippen LogP contribution in [0.3, 0.4) is 0 Å². The monoisotopic (exact) mass is 208 g/mol. The summed E-state index contributed by atoms with van der Waals surface area (Å²) in [6.45, 7) is 1.51. The maximum absolute atomic E-state index is 12.8. The zero-order chi connectivity index (χ0) is 9.30. The van der Waals surface area contributed by atoms with Crippen molar-refractivity contribution in [3.8, 4) is 0 Å². The third-order valence-corrected chi connectivity index (χ3v) is 2.11. The molecule has 0 saturated carbocycles. The average molecular weight is 209 g/mol. The highest BCUT2D eigenvalue weighted by molar-refractivity contribution is 6.35. The van der Waals surface area contributed by atoms with E-state index in [1.54, 1.807) is 0 Å². The van der Waals surface area contributed by atoms with Crippen LogP contribution in [0.2, 0.25) is 10.0 Å². The molecule has 0 aliphatic heterocycles. The van der Waals surface area contributed by atoms with Gasteiger partial charge in [-0.2, -0.15) is 0 Å². The fourth-order valence-corrected chi connectivity index (χ4v) is 1.40. The number of hydrogen-bond donors (Lipinski definition) is 1. The molecule has 0 aliphatic rings. The van der Waals surface area contributed by atoms with Gasteiger partial charge in [-0.05, 0) is 19.1 Å². The minimum absolute atomic E-state index is 0.0376. The summed E-state index contributed by atoms with van der Waals surface area (Å²) in [5.74, 6) is -0.572. The minimum atomic E-state index is -0.788. The maximum Gasteiger partial charge on any atom is 0.142 e. The molecule has 0 amide bonds. The van der Waals surface area contributed by atoms with Gasteiger partial charge in [0, 0.05) is 10.6 Å². The van der Waals surface area contributed by atoms with E-state index in [0.717, 1.165) is 6.07 Å². The predicted molar refractivity (Wildman–Crippen MR) is 47.1 cm³/mol. The van der Waals surface area contributed by atoms with Gasteiger partial charge in [0.2, 0.25) is 0 Å². The van der Waals surface area contributed by atoms with E-state index in [1.165, 1.54) is 13.0 Å². The van der Waals surface area contributed by atoms with Crippen LogP contribution in [0.1, 0.15) is 18.6 Å². The number of halogens is 3. The number of rotatable bonds is 1. The van der Waals surface area contributed by atoms with Gasteiger partial charge in [0.15, 0.2) is 0 Å². The Morgan fingerprint density at radius 1 is 1.33 bits per heavy atom. The molecule has 1 N–H and O–H groups in total. The van der Waals surface area contributed by atoms with Crippen molar-refractivity contribution in [2.45, 2.75) is 13.0 Å². The maximum atomic E-state index is 12.8. The van der Waals surface area contributed by atoms with Gasteiger partial charge in [0.1, 0.15) is 5.82 Å². The molecule has 1 atom stereocenters. The van der Waals surface area contributed by atoms with Gasteiger partial charge in [0.05, 0.1) is 11.1 Å². The van der Waals surface area contributed by atoms with E-state index >= 15 is 0 Å². The van der Waals surface area contributed by atoms with Crippen molar-refractivity contribution in [1.29, 1.82) is 0 Å². The molecule has 1 nitrogen and oxygen atoms in total. The van der Waals surface area contributed by atoms with Crippen LogP contribution in [0.5, 0.6) is 0 Å². The molecule has 0 spiro atoms. The Morgan fingerprint density at radius 3 is 2.42 bits per heavy atom. The third kappa shape index (κ3) is 1.89. The molecular weight excluding hydrogens is 202 g/mol. The van der Waals surface area contributed by atoms with E-state index in [0.29, 0.717) is 5.56 Å². The largest absolute Gasteiger partial charge is 0.389 e. The Morgan fingerprint density at radius 2 is 1.92 bits per heavy atom. The second-order valence-electron chi connectivity index (χ2n) is 2.46. The normalized spacial score (nSPS) is 13.1. The quantitative estimate of drug-likeness (QED) is 0.704. The molecule has 0 heterocycles. The number of hydrogen-bond acceptors (Lipinski definition) is 1. The smallest absolute Gasteiger partial charge is 0.142 e. The first-order valence-electron chi connectivity index (χ1n) is 3.35. The van der Waals surface area contributed by atoms with Crippen molar-refractivity contribution in [1.82, 2.24) is 0 Å². The fourth-order valence-electron chi connectivity index (χ4n) is 0.858. The first kappa shape index (κ1) is 9.78. The van der Waals surface area contributed by atoms with E-state index in [1.807, 2.05) is 0 Å². The second-order valence-corrected chi connectivity index (χ2v) is 3.28. The lowest BCUT2D eigenvalue weighted by atomic mass is 10.1. The van der Waals surface area contributed by atoms with Gasteiger partial charge in [-0.25, -0.2) is 4.39 Å². The number of aliphatic hydroxyl groups is 1. The summed E-state index contributed by atoms with van der Waals surface area (Å²) in [7, 11) is 0. The Labute approximate surface area is 79.7 Å². The predicted octanol–water partition coefficient (Wildman–Crippen LogP) is 3.19. The lowest BCUT2D eigenvalue weighted by Gasteiger charge is -2.07. The number of aliphatic hydroxyl groups excluding tert-OH is 1. The van der Waals surface area contributed by atoms with Gasteiger partial charge >= 0.3 is 0 Å². The third-order valence-electron chi connectivity index (χ3n) is 1.49. The van der Waals surface area contributed by atoms with Crippen LogP contribution in [0.15, 0.2) is 12.1 Å². The van der Waals surface area contributed by atoms with Crippen molar-refractivity contribution in [2.75, 3.05) is 0 Å².